The Morgan fingerprint density at radius 1 is 1.19 bits per heavy atom. The third-order valence-corrected chi connectivity index (χ3v) is 4.13. The average molecular weight is 392 g/mol. The number of amides is 1. The molecule has 0 bridgehead atoms. The van der Waals surface area contributed by atoms with Crippen LogP contribution in [0.1, 0.15) is 22.8 Å². The van der Waals surface area contributed by atoms with E-state index in [1.807, 2.05) is 13.1 Å². The van der Waals surface area contributed by atoms with Crippen LogP contribution in [0.3, 0.4) is 0 Å². The van der Waals surface area contributed by atoms with Crippen molar-refractivity contribution < 1.29 is 24.0 Å². The van der Waals surface area contributed by atoms with Crippen molar-refractivity contribution in [1.29, 1.82) is 0 Å². The Morgan fingerprint density at radius 2 is 1.93 bits per heavy atom. The van der Waals surface area contributed by atoms with Crippen LogP contribution in [0.4, 0.5) is 5.69 Å². The van der Waals surface area contributed by atoms with E-state index in [0.29, 0.717) is 22.8 Å². The number of rotatable bonds is 8. The molecule has 2 aromatic carbocycles. The average Bonchev–Trinajstić information content (AvgIpc) is 2.62. The number of hydrogen-bond donors (Lipinski definition) is 2. The van der Waals surface area contributed by atoms with Crippen molar-refractivity contribution in [1.82, 2.24) is 0 Å². The molecule has 0 aliphatic rings. The molecule has 144 valence electrons. The molecule has 2 N–H and O–H groups in total. The predicted octanol–water partition coefficient (Wildman–Crippen LogP) is 2.18. The van der Waals surface area contributed by atoms with Crippen molar-refractivity contribution in [3.8, 4) is 5.75 Å². The third kappa shape index (κ3) is 5.98. The zero-order chi connectivity index (χ0) is 19.8. The molecule has 2 aromatic rings. The minimum atomic E-state index is -0.460. The second-order valence-electron chi connectivity index (χ2n) is 6.08. The predicted molar refractivity (Wildman–Crippen MR) is 104 cm³/mol. The van der Waals surface area contributed by atoms with Gasteiger partial charge in [0.1, 0.15) is 12.3 Å². The monoisotopic (exact) mass is 391 g/mol. The fourth-order valence-corrected chi connectivity index (χ4v) is 2.92. The Balaban J connectivity index is 2.02. The van der Waals surface area contributed by atoms with Crippen molar-refractivity contribution in [2.24, 2.45) is 0 Å². The van der Waals surface area contributed by atoms with Gasteiger partial charge < -0.3 is 19.7 Å². The molecule has 1 unspecified atom stereocenters. The van der Waals surface area contributed by atoms with E-state index >= 15 is 0 Å². The molecule has 0 aromatic heterocycles. The molecule has 0 saturated heterocycles. The van der Waals surface area contributed by atoms with Crippen molar-refractivity contribution in [3.63, 3.8) is 0 Å². The molecule has 0 fully saturated rings. The first-order valence-corrected chi connectivity index (χ1v) is 9.02. The molecule has 6 nitrogen and oxygen atoms in total. The summed E-state index contributed by atoms with van der Waals surface area (Å²) in [4.78, 5) is 25.4. The zero-order valence-corrected chi connectivity index (χ0v) is 16.4. The number of benzene rings is 2. The van der Waals surface area contributed by atoms with Gasteiger partial charge in [-0.05, 0) is 37.3 Å². The Hall–Kier alpha value is -2.57. The fraction of sp³-hybridized carbons (Fsp3) is 0.300. The van der Waals surface area contributed by atoms with E-state index in [-0.39, 0.29) is 19.1 Å². The quantitative estimate of drug-likeness (QED) is 0.677. The van der Waals surface area contributed by atoms with Gasteiger partial charge in [0, 0.05) is 10.6 Å². The molecule has 0 radical (unpaired) electrons. The number of quaternary nitrogens is 1. The van der Waals surface area contributed by atoms with Gasteiger partial charge in [0.2, 0.25) is 0 Å². The highest BCUT2D eigenvalue weighted by atomic mass is 35.5. The van der Waals surface area contributed by atoms with Gasteiger partial charge in [-0.25, -0.2) is 4.79 Å². The van der Waals surface area contributed by atoms with E-state index in [9.17, 15) is 9.59 Å². The topological polar surface area (TPSA) is 69.1 Å². The summed E-state index contributed by atoms with van der Waals surface area (Å²) < 4.78 is 10.4. The maximum Gasteiger partial charge on any atom is 0.340 e. The molecule has 27 heavy (non-hydrogen) atoms. The van der Waals surface area contributed by atoms with Crippen LogP contribution >= 0.6 is 11.6 Å². The second kappa shape index (κ2) is 9.94. The van der Waals surface area contributed by atoms with E-state index in [1.54, 1.807) is 50.4 Å². The van der Waals surface area contributed by atoms with Crippen LogP contribution in [-0.2, 0) is 16.1 Å². The number of ether oxygens (including phenoxy) is 2. The lowest BCUT2D eigenvalue weighted by Gasteiger charge is -2.16. The maximum atomic E-state index is 12.4. The molecule has 0 aliphatic carbocycles. The molecule has 1 amide bonds. The van der Waals surface area contributed by atoms with Crippen molar-refractivity contribution in [3.05, 3.63) is 58.6 Å². The number of anilines is 1. The lowest BCUT2D eigenvalue weighted by molar-refractivity contribution is -0.885. The van der Waals surface area contributed by atoms with Gasteiger partial charge in [0.05, 0.1) is 32.0 Å². The van der Waals surface area contributed by atoms with E-state index in [2.05, 4.69) is 5.32 Å². The van der Waals surface area contributed by atoms with Gasteiger partial charge in [-0.3, -0.25) is 4.79 Å². The molecule has 0 saturated carbocycles. The first-order valence-electron chi connectivity index (χ1n) is 8.64. The number of likely N-dealkylation sites (N-methyl/N-ethyl adjacent to an activating group) is 1. The van der Waals surface area contributed by atoms with Crippen molar-refractivity contribution in [2.45, 2.75) is 13.5 Å². The van der Waals surface area contributed by atoms with Crippen LogP contribution in [0.5, 0.6) is 5.75 Å². The molecule has 0 aliphatic heterocycles. The Kier molecular flexibility index (Phi) is 7.64. The summed E-state index contributed by atoms with van der Waals surface area (Å²) in [5.41, 5.74) is 1.69. The van der Waals surface area contributed by atoms with Crippen LogP contribution in [0, 0.1) is 0 Å². The molecule has 0 heterocycles. The number of carbonyl (C=O) groups is 2. The largest absolute Gasteiger partial charge is 0.496 e. The lowest BCUT2D eigenvalue weighted by Crippen LogP contribution is -3.08. The number of esters is 1. The normalized spacial score (nSPS) is 11.6. The summed E-state index contributed by atoms with van der Waals surface area (Å²) in [6, 6.07) is 12.2. The summed E-state index contributed by atoms with van der Waals surface area (Å²) in [7, 11) is 3.50. The minimum absolute atomic E-state index is 0.203. The second-order valence-corrected chi connectivity index (χ2v) is 6.52. The maximum absolute atomic E-state index is 12.4. The highest BCUT2D eigenvalue weighted by molar-refractivity contribution is 6.30. The number of hydrogen-bond acceptors (Lipinski definition) is 4. The van der Waals surface area contributed by atoms with Crippen molar-refractivity contribution >= 4 is 29.2 Å². The van der Waals surface area contributed by atoms with E-state index in [4.69, 9.17) is 21.1 Å². The van der Waals surface area contributed by atoms with Gasteiger partial charge in [-0.15, -0.1) is 0 Å². The summed E-state index contributed by atoms with van der Waals surface area (Å²) in [5, 5.41) is 3.41. The SMILES string of the molecule is CCOC(=O)c1ccccc1NC(=O)C[NH+](C)Cc1cc(Cl)ccc1OC. The molecular weight excluding hydrogens is 368 g/mol. The smallest absolute Gasteiger partial charge is 0.340 e. The molecule has 1 atom stereocenters. The molecule has 2 rings (SSSR count). The highest BCUT2D eigenvalue weighted by Gasteiger charge is 2.17. The minimum Gasteiger partial charge on any atom is -0.496 e. The van der Waals surface area contributed by atoms with E-state index < -0.39 is 5.97 Å². The molecular formula is C20H24ClN2O4+. The summed E-state index contributed by atoms with van der Waals surface area (Å²) in [6.07, 6.45) is 0. The van der Waals surface area contributed by atoms with Gasteiger partial charge in [0.15, 0.2) is 6.54 Å². The van der Waals surface area contributed by atoms with Crippen LogP contribution in [0.15, 0.2) is 42.5 Å². The van der Waals surface area contributed by atoms with Gasteiger partial charge >= 0.3 is 5.97 Å². The van der Waals surface area contributed by atoms with Gasteiger partial charge in [0.25, 0.3) is 5.91 Å². The fourth-order valence-electron chi connectivity index (χ4n) is 2.72. The number of halogens is 1. The zero-order valence-electron chi connectivity index (χ0n) is 15.7. The first-order chi connectivity index (χ1) is 12.9. The summed E-state index contributed by atoms with van der Waals surface area (Å²) >= 11 is 6.06. The highest BCUT2D eigenvalue weighted by Crippen LogP contribution is 2.21. The number of nitrogens with one attached hydrogen (secondary N) is 2. The van der Waals surface area contributed by atoms with Gasteiger partial charge in [-0.2, -0.15) is 0 Å². The Labute approximate surface area is 164 Å². The van der Waals surface area contributed by atoms with Crippen LogP contribution < -0.4 is 15.0 Å². The summed E-state index contributed by atoms with van der Waals surface area (Å²) in [5.74, 6) is 0.0647. The van der Waals surface area contributed by atoms with Crippen LogP contribution in [0.25, 0.3) is 0 Å². The van der Waals surface area contributed by atoms with Gasteiger partial charge in [-0.1, -0.05) is 23.7 Å². The Morgan fingerprint density at radius 3 is 2.63 bits per heavy atom. The summed E-state index contributed by atoms with van der Waals surface area (Å²) in [6.45, 7) is 2.79. The van der Waals surface area contributed by atoms with Crippen LogP contribution in [0.2, 0.25) is 5.02 Å². The lowest BCUT2D eigenvalue weighted by atomic mass is 10.1. The number of methoxy groups -OCH3 is 1. The number of para-hydroxylation sites is 1. The number of carbonyl (C=O) groups excluding carboxylic acids is 2. The third-order valence-electron chi connectivity index (χ3n) is 3.89. The van der Waals surface area contributed by atoms with E-state index in [0.717, 1.165) is 16.2 Å². The Bertz CT molecular complexity index is 810. The van der Waals surface area contributed by atoms with Crippen LogP contribution in [-0.4, -0.2) is 39.2 Å². The standard InChI is InChI=1S/C20H23ClN2O4/c1-4-27-20(25)16-7-5-6-8-17(16)22-19(24)13-23(2)12-14-11-15(21)9-10-18(14)26-3/h5-11H,4,12-13H2,1-3H3,(H,22,24)/p+1. The first kappa shape index (κ1) is 20.7. The van der Waals surface area contributed by atoms with E-state index in [1.165, 1.54) is 0 Å². The van der Waals surface area contributed by atoms with Crippen molar-refractivity contribution in [2.75, 3.05) is 32.6 Å². The molecule has 0 spiro atoms. The molecule has 7 heteroatoms.